The van der Waals surface area contributed by atoms with Crippen LogP contribution in [0.3, 0.4) is 0 Å². The van der Waals surface area contributed by atoms with Crippen molar-refractivity contribution in [2.24, 2.45) is 0 Å². The van der Waals surface area contributed by atoms with Gasteiger partial charge in [0.25, 0.3) is 0 Å². The Bertz CT molecular complexity index is 708. The first kappa shape index (κ1) is 21.5. The third-order valence-corrected chi connectivity index (χ3v) is 4.35. The second kappa shape index (κ2) is 8.69. The highest BCUT2D eigenvalue weighted by Crippen LogP contribution is 2.23. The first-order valence-electron chi connectivity index (χ1n) is 8.69. The fourth-order valence-corrected chi connectivity index (χ4v) is 2.99. The van der Waals surface area contributed by atoms with Crippen LogP contribution in [0.2, 0.25) is 0 Å². The normalized spacial score (nSPS) is 11.3. The molecule has 136 valence electrons. The van der Waals surface area contributed by atoms with Crippen molar-refractivity contribution in [3.8, 4) is 0 Å². The summed E-state index contributed by atoms with van der Waals surface area (Å²) in [5, 5.41) is 0. The van der Waals surface area contributed by atoms with E-state index in [2.05, 4.69) is 95.6 Å². The van der Waals surface area contributed by atoms with Gasteiger partial charge in [-0.2, -0.15) is 0 Å². The maximum Gasteiger partial charge on any atom is 0.0234 e. The minimum Gasteiger partial charge on any atom is -0.298 e. The minimum absolute atomic E-state index is 0. The van der Waals surface area contributed by atoms with Gasteiger partial charge in [-0.3, -0.25) is 4.90 Å². The van der Waals surface area contributed by atoms with E-state index < -0.39 is 0 Å². The topological polar surface area (TPSA) is 3.24 Å². The molecular formula is C23H32ClN. The molecule has 0 spiro atoms. The van der Waals surface area contributed by atoms with Crippen molar-refractivity contribution in [2.45, 2.75) is 53.1 Å². The summed E-state index contributed by atoms with van der Waals surface area (Å²) in [4.78, 5) is 2.36. The number of rotatable bonds is 5. The van der Waals surface area contributed by atoms with Gasteiger partial charge in [-0.15, -0.1) is 12.4 Å². The van der Waals surface area contributed by atoms with Crippen LogP contribution in [0.4, 0.5) is 0 Å². The molecule has 0 N–H and O–H groups in total. The van der Waals surface area contributed by atoms with Crippen molar-refractivity contribution in [2.75, 3.05) is 7.05 Å². The fourth-order valence-electron chi connectivity index (χ4n) is 2.99. The number of aryl methyl sites for hydroxylation is 1. The summed E-state index contributed by atoms with van der Waals surface area (Å²) in [6.45, 7) is 17.0. The molecule has 2 heteroatoms. The molecular weight excluding hydrogens is 326 g/mol. The molecule has 0 saturated heterocycles. The zero-order chi connectivity index (χ0) is 17.9. The lowest BCUT2D eigenvalue weighted by molar-refractivity contribution is 0.319. The van der Waals surface area contributed by atoms with Gasteiger partial charge < -0.3 is 0 Å². The molecule has 0 saturated carbocycles. The lowest BCUT2D eigenvalue weighted by Gasteiger charge is -2.21. The molecule has 2 aromatic carbocycles. The SMILES string of the molecule is C=C(C)c1cc(C)cc(CN(C)Cc2ccc(C(C)(C)C)cc2)c1.Cl. The Labute approximate surface area is 160 Å². The zero-order valence-electron chi connectivity index (χ0n) is 16.5. The van der Waals surface area contributed by atoms with E-state index in [9.17, 15) is 0 Å². The van der Waals surface area contributed by atoms with E-state index in [0.717, 1.165) is 18.7 Å². The average Bonchev–Trinajstić information content (AvgIpc) is 2.46. The summed E-state index contributed by atoms with van der Waals surface area (Å²) >= 11 is 0. The molecule has 2 rings (SSSR count). The number of hydrogen-bond donors (Lipinski definition) is 0. The lowest BCUT2D eigenvalue weighted by Crippen LogP contribution is -2.18. The Morgan fingerprint density at radius 3 is 2.04 bits per heavy atom. The maximum absolute atomic E-state index is 4.07. The number of benzene rings is 2. The van der Waals surface area contributed by atoms with E-state index in [1.165, 1.54) is 27.8 Å². The third kappa shape index (κ3) is 6.34. The minimum atomic E-state index is 0. The number of hydrogen-bond acceptors (Lipinski definition) is 1. The highest BCUT2D eigenvalue weighted by atomic mass is 35.5. The third-order valence-electron chi connectivity index (χ3n) is 4.35. The van der Waals surface area contributed by atoms with Gasteiger partial charge in [0, 0.05) is 13.1 Å². The molecule has 0 amide bonds. The van der Waals surface area contributed by atoms with Crippen LogP contribution in [0.25, 0.3) is 5.57 Å². The Morgan fingerprint density at radius 2 is 1.52 bits per heavy atom. The van der Waals surface area contributed by atoms with E-state index in [1.807, 2.05) is 0 Å². The molecule has 0 aliphatic heterocycles. The smallest absolute Gasteiger partial charge is 0.0234 e. The van der Waals surface area contributed by atoms with Gasteiger partial charge in [0.05, 0.1) is 0 Å². The van der Waals surface area contributed by atoms with Crippen LogP contribution in [-0.2, 0) is 18.5 Å². The second-order valence-electron chi connectivity index (χ2n) is 8.11. The molecule has 25 heavy (non-hydrogen) atoms. The lowest BCUT2D eigenvalue weighted by atomic mass is 9.87. The highest BCUT2D eigenvalue weighted by Gasteiger charge is 2.13. The second-order valence-corrected chi connectivity index (χ2v) is 8.11. The van der Waals surface area contributed by atoms with E-state index in [-0.39, 0.29) is 17.8 Å². The molecule has 1 nitrogen and oxygen atoms in total. The first-order valence-corrected chi connectivity index (χ1v) is 8.69. The standard InChI is InChI=1S/C23H31N.ClH/c1-17(2)21-13-18(3)12-20(14-21)16-24(7)15-19-8-10-22(11-9-19)23(4,5)6;/h8-14H,1,15-16H2,2-7H3;1H. The van der Waals surface area contributed by atoms with Crippen LogP contribution in [0.15, 0.2) is 49.0 Å². The van der Waals surface area contributed by atoms with Crippen LogP contribution >= 0.6 is 12.4 Å². The molecule has 0 heterocycles. The van der Waals surface area contributed by atoms with Crippen molar-refractivity contribution >= 4 is 18.0 Å². The predicted molar refractivity (Wildman–Crippen MR) is 113 cm³/mol. The summed E-state index contributed by atoms with van der Waals surface area (Å²) in [6, 6.07) is 15.8. The summed E-state index contributed by atoms with van der Waals surface area (Å²) in [7, 11) is 2.18. The quantitative estimate of drug-likeness (QED) is 0.600. The monoisotopic (exact) mass is 357 g/mol. The largest absolute Gasteiger partial charge is 0.298 e. The summed E-state index contributed by atoms with van der Waals surface area (Å²) in [5.41, 5.74) is 7.98. The first-order chi connectivity index (χ1) is 11.1. The van der Waals surface area contributed by atoms with E-state index in [4.69, 9.17) is 0 Å². The van der Waals surface area contributed by atoms with Gasteiger partial charge in [0.1, 0.15) is 0 Å². The van der Waals surface area contributed by atoms with Crippen LogP contribution in [-0.4, -0.2) is 11.9 Å². The van der Waals surface area contributed by atoms with Crippen LogP contribution in [0.1, 0.15) is 55.5 Å². The Balaban J connectivity index is 0.00000312. The van der Waals surface area contributed by atoms with Gasteiger partial charge in [0.2, 0.25) is 0 Å². The number of halogens is 1. The highest BCUT2D eigenvalue weighted by molar-refractivity contribution is 5.85. The summed E-state index contributed by atoms with van der Waals surface area (Å²) in [5.74, 6) is 0. The molecule has 0 aromatic heterocycles. The van der Waals surface area contributed by atoms with Gasteiger partial charge >= 0.3 is 0 Å². The molecule has 0 unspecified atom stereocenters. The van der Waals surface area contributed by atoms with Crippen molar-refractivity contribution in [1.29, 1.82) is 0 Å². The molecule has 0 atom stereocenters. The predicted octanol–water partition coefficient (Wildman–Crippen LogP) is 6.38. The van der Waals surface area contributed by atoms with Crippen LogP contribution in [0, 0.1) is 6.92 Å². The molecule has 2 aromatic rings. The molecule has 0 aliphatic rings. The Morgan fingerprint density at radius 1 is 0.960 bits per heavy atom. The van der Waals surface area contributed by atoms with Gasteiger partial charge in [-0.05, 0) is 48.6 Å². The number of nitrogens with zero attached hydrogens (tertiary/aromatic N) is 1. The van der Waals surface area contributed by atoms with Gasteiger partial charge in [-0.25, -0.2) is 0 Å². The summed E-state index contributed by atoms with van der Waals surface area (Å²) < 4.78 is 0. The van der Waals surface area contributed by atoms with E-state index in [1.54, 1.807) is 0 Å². The van der Waals surface area contributed by atoms with Gasteiger partial charge in [-0.1, -0.05) is 81.0 Å². The van der Waals surface area contributed by atoms with Crippen molar-refractivity contribution in [3.63, 3.8) is 0 Å². The Kier molecular flexibility index (Phi) is 7.46. The number of allylic oxidation sites excluding steroid dienone is 1. The summed E-state index contributed by atoms with van der Waals surface area (Å²) in [6.07, 6.45) is 0. The molecule has 0 aliphatic carbocycles. The van der Waals surface area contributed by atoms with Crippen molar-refractivity contribution in [1.82, 2.24) is 4.90 Å². The zero-order valence-corrected chi connectivity index (χ0v) is 17.3. The molecule has 0 radical (unpaired) electrons. The van der Waals surface area contributed by atoms with Crippen LogP contribution in [0.5, 0.6) is 0 Å². The Hall–Kier alpha value is -1.57. The van der Waals surface area contributed by atoms with E-state index >= 15 is 0 Å². The van der Waals surface area contributed by atoms with Gasteiger partial charge in [0.15, 0.2) is 0 Å². The maximum atomic E-state index is 4.07. The molecule has 0 bridgehead atoms. The van der Waals surface area contributed by atoms with Crippen molar-refractivity contribution < 1.29 is 0 Å². The molecule has 0 fully saturated rings. The van der Waals surface area contributed by atoms with Crippen molar-refractivity contribution in [3.05, 3.63) is 76.9 Å². The average molecular weight is 358 g/mol. The van der Waals surface area contributed by atoms with E-state index in [0.29, 0.717) is 0 Å². The van der Waals surface area contributed by atoms with Crippen LogP contribution < -0.4 is 0 Å². The fraction of sp³-hybridized carbons (Fsp3) is 0.391.